The molecule has 0 saturated heterocycles. The minimum Gasteiger partial charge on any atom is -0.336 e. The molecule has 0 aliphatic carbocycles. The first kappa shape index (κ1) is 10.3. The Kier molecular flexibility index (Phi) is 2.28. The standard InChI is InChI=1S/C10H8IN3OS/c1-13-4-7-8(11)12-5-14(7)10-6(9(13)15)2-3-16-10/h2-3,5H,4H2,1H3. The Morgan fingerprint density at radius 3 is 3.19 bits per heavy atom. The number of hydrogen-bond donors (Lipinski definition) is 0. The number of imidazole rings is 1. The minimum absolute atomic E-state index is 0.0794. The van der Waals surface area contributed by atoms with E-state index >= 15 is 0 Å². The van der Waals surface area contributed by atoms with Crippen molar-refractivity contribution in [3.05, 3.63) is 32.7 Å². The zero-order valence-electron chi connectivity index (χ0n) is 8.48. The van der Waals surface area contributed by atoms with Gasteiger partial charge in [0.25, 0.3) is 5.91 Å². The second-order valence-electron chi connectivity index (χ2n) is 3.65. The molecule has 0 bridgehead atoms. The van der Waals surface area contributed by atoms with Crippen molar-refractivity contribution < 1.29 is 4.79 Å². The number of halogens is 1. The highest BCUT2D eigenvalue weighted by molar-refractivity contribution is 14.1. The summed E-state index contributed by atoms with van der Waals surface area (Å²) in [4.78, 5) is 18.1. The largest absolute Gasteiger partial charge is 0.336 e. The van der Waals surface area contributed by atoms with Gasteiger partial charge in [-0.05, 0) is 34.0 Å². The molecule has 0 radical (unpaired) electrons. The fourth-order valence-electron chi connectivity index (χ4n) is 1.82. The number of fused-ring (bicyclic) bond motifs is 3. The first-order valence-corrected chi connectivity index (χ1v) is 6.69. The van der Waals surface area contributed by atoms with E-state index in [1.165, 1.54) is 0 Å². The summed E-state index contributed by atoms with van der Waals surface area (Å²) in [5, 5.41) is 2.91. The van der Waals surface area contributed by atoms with Crippen LogP contribution in [0, 0.1) is 3.70 Å². The third-order valence-corrected chi connectivity index (χ3v) is 4.46. The Labute approximate surface area is 110 Å². The summed E-state index contributed by atoms with van der Waals surface area (Å²) in [6.45, 7) is 0.610. The van der Waals surface area contributed by atoms with Gasteiger partial charge in [0.2, 0.25) is 0 Å². The third-order valence-electron chi connectivity index (χ3n) is 2.64. The van der Waals surface area contributed by atoms with E-state index in [2.05, 4.69) is 27.6 Å². The lowest BCUT2D eigenvalue weighted by Gasteiger charge is -2.13. The SMILES string of the molecule is CN1Cc2c(I)ncn2-c2sccc2C1=O. The van der Waals surface area contributed by atoms with E-state index in [0.717, 1.165) is 20.0 Å². The number of thiophene rings is 1. The molecule has 0 N–H and O–H groups in total. The van der Waals surface area contributed by atoms with Crippen molar-refractivity contribution in [1.29, 1.82) is 0 Å². The van der Waals surface area contributed by atoms with Gasteiger partial charge in [-0.1, -0.05) is 0 Å². The molecule has 0 saturated carbocycles. The summed E-state index contributed by atoms with van der Waals surface area (Å²) in [6, 6.07) is 1.88. The average molecular weight is 345 g/mol. The molecule has 0 aromatic carbocycles. The van der Waals surface area contributed by atoms with Crippen LogP contribution in [0.15, 0.2) is 17.8 Å². The van der Waals surface area contributed by atoms with Crippen LogP contribution >= 0.6 is 33.9 Å². The molecule has 3 heterocycles. The number of amides is 1. The quantitative estimate of drug-likeness (QED) is 0.686. The third kappa shape index (κ3) is 1.32. The van der Waals surface area contributed by atoms with Crippen LogP contribution in [0.2, 0.25) is 0 Å². The first-order valence-electron chi connectivity index (χ1n) is 4.73. The van der Waals surface area contributed by atoms with Crippen LogP contribution in [0.5, 0.6) is 0 Å². The molecule has 1 amide bonds. The topological polar surface area (TPSA) is 38.1 Å². The van der Waals surface area contributed by atoms with Crippen LogP contribution in [-0.2, 0) is 6.54 Å². The summed E-state index contributed by atoms with van der Waals surface area (Å²) in [5.74, 6) is 0.0794. The molecule has 1 aliphatic rings. The van der Waals surface area contributed by atoms with Crippen molar-refractivity contribution in [2.45, 2.75) is 6.54 Å². The fourth-order valence-corrected chi connectivity index (χ4v) is 3.26. The molecule has 0 unspecified atom stereocenters. The summed E-state index contributed by atoms with van der Waals surface area (Å²) < 4.78 is 2.97. The Morgan fingerprint density at radius 1 is 1.56 bits per heavy atom. The van der Waals surface area contributed by atoms with Crippen molar-refractivity contribution in [3.8, 4) is 5.00 Å². The summed E-state index contributed by atoms with van der Waals surface area (Å²) in [6.07, 6.45) is 1.79. The van der Waals surface area contributed by atoms with Crippen LogP contribution in [-0.4, -0.2) is 27.4 Å². The van der Waals surface area contributed by atoms with Crippen LogP contribution in [0.3, 0.4) is 0 Å². The molecule has 3 rings (SSSR count). The maximum absolute atomic E-state index is 12.1. The molecular formula is C10H8IN3OS. The predicted molar refractivity (Wildman–Crippen MR) is 70.0 cm³/mol. The Morgan fingerprint density at radius 2 is 2.38 bits per heavy atom. The number of nitrogens with zero attached hydrogens (tertiary/aromatic N) is 3. The highest BCUT2D eigenvalue weighted by Gasteiger charge is 2.26. The Hall–Kier alpha value is -0.890. The second kappa shape index (κ2) is 3.56. The molecule has 2 aromatic rings. The van der Waals surface area contributed by atoms with Crippen LogP contribution in [0.4, 0.5) is 0 Å². The van der Waals surface area contributed by atoms with E-state index in [4.69, 9.17) is 0 Å². The van der Waals surface area contributed by atoms with Gasteiger partial charge in [0, 0.05) is 7.05 Å². The van der Waals surface area contributed by atoms with Gasteiger partial charge in [-0.3, -0.25) is 9.36 Å². The molecule has 0 fully saturated rings. The number of aromatic nitrogens is 2. The van der Waals surface area contributed by atoms with E-state index in [9.17, 15) is 4.79 Å². The van der Waals surface area contributed by atoms with Crippen molar-refractivity contribution >= 4 is 39.8 Å². The van der Waals surface area contributed by atoms with Crippen molar-refractivity contribution in [2.75, 3.05) is 7.05 Å². The lowest BCUT2D eigenvalue weighted by Crippen LogP contribution is -2.24. The fraction of sp³-hybridized carbons (Fsp3) is 0.200. The van der Waals surface area contributed by atoms with Gasteiger partial charge in [0.1, 0.15) is 15.0 Å². The lowest BCUT2D eigenvalue weighted by atomic mass is 10.3. The van der Waals surface area contributed by atoms with E-state index in [1.807, 2.05) is 23.1 Å². The maximum atomic E-state index is 12.1. The normalized spacial score (nSPS) is 14.6. The van der Waals surface area contributed by atoms with Gasteiger partial charge < -0.3 is 4.90 Å². The van der Waals surface area contributed by atoms with Crippen molar-refractivity contribution in [3.63, 3.8) is 0 Å². The van der Waals surface area contributed by atoms with E-state index in [-0.39, 0.29) is 5.91 Å². The van der Waals surface area contributed by atoms with E-state index in [0.29, 0.717) is 6.54 Å². The van der Waals surface area contributed by atoms with E-state index in [1.54, 1.807) is 22.6 Å². The van der Waals surface area contributed by atoms with Gasteiger partial charge in [-0.2, -0.15) is 0 Å². The summed E-state index contributed by atoms with van der Waals surface area (Å²) in [5.41, 5.74) is 1.85. The highest BCUT2D eigenvalue weighted by atomic mass is 127. The maximum Gasteiger partial charge on any atom is 0.256 e. The molecule has 0 atom stereocenters. The molecule has 82 valence electrons. The van der Waals surface area contributed by atoms with Crippen LogP contribution in [0.25, 0.3) is 5.00 Å². The summed E-state index contributed by atoms with van der Waals surface area (Å²) in [7, 11) is 1.82. The number of hydrogen-bond acceptors (Lipinski definition) is 3. The van der Waals surface area contributed by atoms with Crippen molar-refractivity contribution in [2.24, 2.45) is 0 Å². The Balaban J connectivity index is 2.31. The first-order chi connectivity index (χ1) is 7.68. The van der Waals surface area contributed by atoms with Gasteiger partial charge in [0.05, 0.1) is 17.8 Å². The lowest BCUT2D eigenvalue weighted by molar-refractivity contribution is 0.0788. The molecule has 2 aromatic heterocycles. The number of carbonyl (C=O) groups is 1. The van der Waals surface area contributed by atoms with Gasteiger partial charge in [-0.15, -0.1) is 11.3 Å². The van der Waals surface area contributed by atoms with Gasteiger partial charge in [0.15, 0.2) is 0 Å². The second-order valence-corrected chi connectivity index (χ2v) is 5.57. The molecule has 1 aliphatic heterocycles. The average Bonchev–Trinajstić information content (AvgIpc) is 2.83. The molecule has 4 nitrogen and oxygen atoms in total. The zero-order chi connectivity index (χ0) is 11.3. The molecule has 0 spiro atoms. The van der Waals surface area contributed by atoms with E-state index < -0.39 is 0 Å². The smallest absolute Gasteiger partial charge is 0.256 e. The van der Waals surface area contributed by atoms with Crippen LogP contribution < -0.4 is 0 Å². The number of rotatable bonds is 0. The monoisotopic (exact) mass is 345 g/mol. The van der Waals surface area contributed by atoms with Crippen LogP contribution in [0.1, 0.15) is 16.1 Å². The Bertz CT molecular complexity index is 574. The summed E-state index contributed by atoms with van der Waals surface area (Å²) >= 11 is 3.78. The van der Waals surface area contributed by atoms with Crippen molar-refractivity contribution in [1.82, 2.24) is 14.5 Å². The predicted octanol–water partition coefficient (Wildman–Crippen LogP) is 2.12. The minimum atomic E-state index is 0.0794. The highest BCUT2D eigenvalue weighted by Crippen LogP contribution is 2.29. The van der Waals surface area contributed by atoms with Gasteiger partial charge in [-0.25, -0.2) is 4.98 Å². The zero-order valence-corrected chi connectivity index (χ0v) is 11.4. The molecule has 6 heteroatoms. The number of carbonyl (C=O) groups excluding carboxylic acids is 1. The molecular weight excluding hydrogens is 337 g/mol. The van der Waals surface area contributed by atoms with Gasteiger partial charge >= 0.3 is 0 Å². The molecule has 16 heavy (non-hydrogen) atoms.